The van der Waals surface area contributed by atoms with Gasteiger partial charge in [0.05, 0.1) is 0 Å². The zero-order valence-corrected chi connectivity index (χ0v) is 16.5. The summed E-state index contributed by atoms with van der Waals surface area (Å²) in [5, 5.41) is 3.60. The Balaban J connectivity index is 1.56. The molecule has 1 aromatic carbocycles. The first-order chi connectivity index (χ1) is 13.2. The van der Waals surface area contributed by atoms with Crippen LogP contribution in [-0.4, -0.2) is 60.6 Å². The SMILES string of the molecule is CN=C(NCC(c1ccccc1)C(C)C)N1CCN(c2ncccn2)CC1. The number of aromatic nitrogens is 2. The standard InChI is InChI=1S/C21H30N6/c1-17(2)19(18-8-5-4-6-9-18)16-25-20(22-3)26-12-14-27(15-13-26)21-23-10-7-11-24-21/h4-11,17,19H,12-16H2,1-3H3,(H,22,25). The van der Waals surface area contributed by atoms with Crippen molar-refractivity contribution in [2.45, 2.75) is 19.8 Å². The van der Waals surface area contributed by atoms with Gasteiger partial charge >= 0.3 is 0 Å². The van der Waals surface area contributed by atoms with Gasteiger partial charge < -0.3 is 15.1 Å². The number of rotatable bonds is 5. The van der Waals surface area contributed by atoms with Crippen LogP contribution in [0.5, 0.6) is 0 Å². The number of nitrogens with one attached hydrogen (secondary N) is 1. The third-order valence-electron chi connectivity index (χ3n) is 5.14. The Kier molecular flexibility index (Phi) is 6.63. The number of hydrogen-bond acceptors (Lipinski definition) is 4. The fourth-order valence-corrected chi connectivity index (χ4v) is 3.54. The van der Waals surface area contributed by atoms with Crippen LogP contribution in [0.4, 0.5) is 5.95 Å². The van der Waals surface area contributed by atoms with Crippen molar-refractivity contribution in [3.63, 3.8) is 0 Å². The lowest BCUT2D eigenvalue weighted by molar-refractivity contribution is 0.365. The van der Waals surface area contributed by atoms with E-state index >= 15 is 0 Å². The van der Waals surface area contributed by atoms with Gasteiger partial charge in [-0.25, -0.2) is 9.97 Å². The van der Waals surface area contributed by atoms with Gasteiger partial charge in [-0.15, -0.1) is 0 Å². The van der Waals surface area contributed by atoms with Crippen LogP contribution >= 0.6 is 0 Å². The first-order valence-corrected chi connectivity index (χ1v) is 9.71. The first-order valence-electron chi connectivity index (χ1n) is 9.71. The van der Waals surface area contributed by atoms with Crippen molar-refractivity contribution in [1.29, 1.82) is 0 Å². The molecule has 1 atom stereocenters. The lowest BCUT2D eigenvalue weighted by atomic mass is 9.88. The predicted molar refractivity (Wildman–Crippen MR) is 111 cm³/mol. The molecule has 1 N–H and O–H groups in total. The molecule has 2 heterocycles. The molecule has 1 fully saturated rings. The summed E-state index contributed by atoms with van der Waals surface area (Å²) in [6, 6.07) is 12.6. The second kappa shape index (κ2) is 9.35. The molecule has 1 unspecified atom stereocenters. The fraction of sp³-hybridized carbons (Fsp3) is 0.476. The normalized spacial score (nSPS) is 16.5. The maximum absolute atomic E-state index is 4.52. The summed E-state index contributed by atoms with van der Waals surface area (Å²) in [6.07, 6.45) is 3.59. The molecule has 0 saturated carbocycles. The van der Waals surface area contributed by atoms with E-state index < -0.39 is 0 Å². The molecule has 0 radical (unpaired) electrons. The van der Waals surface area contributed by atoms with Gasteiger partial charge in [0.1, 0.15) is 0 Å². The summed E-state index contributed by atoms with van der Waals surface area (Å²) in [4.78, 5) is 17.8. The lowest BCUT2D eigenvalue weighted by Gasteiger charge is -2.37. The van der Waals surface area contributed by atoms with E-state index in [0.29, 0.717) is 11.8 Å². The maximum Gasteiger partial charge on any atom is 0.225 e. The topological polar surface area (TPSA) is 56.7 Å². The highest BCUT2D eigenvalue weighted by Crippen LogP contribution is 2.23. The molecule has 2 aromatic rings. The Labute approximate surface area is 162 Å². The van der Waals surface area contributed by atoms with Crippen LogP contribution in [0.2, 0.25) is 0 Å². The van der Waals surface area contributed by atoms with Crippen LogP contribution in [0.3, 0.4) is 0 Å². The van der Waals surface area contributed by atoms with Crippen molar-refractivity contribution in [1.82, 2.24) is 20.2 Å². The Hall–Kier alpha value is -2.63. The molecular weight excluding hydrogens is 336 g/mol. The van der Waals surface area contributed by atoms with E-state index in [-0.39, 0.29) is 0 Å². The molecule has 144 valence electrons. The van der Waals surface area contributed by atoms with Crippen LogP contribution in [-0.2, 0) is 0 Å². The van der Waals surface area contributed by atoms with Crippen LogP contribution in [0.1, 0.15) is 25.3 Å². The number of nitrogens with zero attached hydrogens (tertiary/aromatic N) is 5. The quantitative estimate of drug-likeness (QED) is 0.651. The largest absolute Gasteiger partial charge is 0.356 e. The van der Waals surface area contributed by atoms with E-state index in [9.17, 15) is 0 Å². The minimum atomic E-state index is 0.460. The maximum atomic E-state index is 4.52. The second-order valence-corrected chi connectivity index (χ2v) is 7.21. The van der Waals surface area contributed by atoms with Crippen molar-refractivity contribution in [2.24, 2.45) is 10.9 Å². The Morgan fingerprint density at radius 2 is 1.70 bits per heavy atom. The number of piperazine rings is 1. The third kappa shape index (κ3) is 4.96. The van der Waals surface area contributed by atoms with E-state index in [4.69, 9.17) is 0 Å². The van der Waals surface area contributed by atoms with Gasteiger partial charge in [-0.05, 0) is 17.5 Å². The van der Waals surface area contributed by atoms with Gasteiger partial charge in [0.2, 0.25) is 5.95 Å². The van der Waals surface area contributed by atoms with Gasteiger partial charge in [-0.1, -0.05) is 44.2 Å². The van der Waals surface area contributed by atoms with Crippen LogP contribution in [0.15, 0.2) is 53.8 Å². The Morgan fingerprint density at radius 1 is 1.04 bits per heavy atom. The molecule has 1 aromatic heterocycles. The highest BCUT2D eigenvalue weighted by Gasteiger charge is 2.22. The predicted octanol–water partition coefficient (Wildman–Crippen LogP) is 2.61. The van der Waals surface area contributed by atoms with Gasteiger partial charge in [0, 0.05) is 58.1 Å². The minimum absolute atomic E-state index is 0.460. The van der Waals surface area contributed by atoms with E-state index in [0.717, 1.165) is 44.6 Å². The first kappa shape index (κ1) is 19.1. The average molecular weight is 367 g/mol. The number of anilines is 1. The van der Waals surface area contributed by atoms with Crippen molar-refractivity contribution >= 4 is 11.9 Å². The van der Waals surface area contributed by atoms with E-state index in [2.05, 4.69) is 74.3 Å². The molecule has 0 spiro atoms. The zero-order valence-electron chi connectivity index (χ0n) is 16.5. The van der Waals surface area contributed by atoms with Crippen molar-refractivity contribution in [2.75, 3.05) is 44.7 Å². The summed E-state index contributed by atoms with van der Waals surface area (Å²) in [7, 11) is 1.86. The van der Waals surface area contributed by atoms with Crippen molar-refractivity contribution in [3.05, 3.63) is 54.4 Å². The second-order valence-electron chi connectivity index (χ2n) is 7.21. The van der Waals surface area contributed by atoms with Gasteiger partial charge in [-0.3, -0.25) is 4.99 Å². The molecule has 0 aliphatic carbocycles. The molecule has 3 rings (SSSR count). The van der Waals surface area contributed by atoms with E-state index in [1.54, 1.807) is 12.4 Å². The summed E-state index contributed by atoms with van der Waals surface area (Å²) < 4.78 is 0. The number of benzene rings is 1. The van der Waals surface area contributed by atoms with E-state index in [1.807, 2.05) is 13.1 Å². The molecule has 1 aliphatic heterocycles. The number of hydrogen-bond donors (Lipinski definition) is 1. The smallest absolute Gasteiger partial charge is 0.225 e. The molecule has 1 aliphatic rings. The number of guanidine groups is 1. The summed E-state index contributed by atoms with van der Waals surface area (Å²) in [5.41, 5.74) is 1.38. The van der Waals surface area contributed by atoms with Crippen molar-refractivity contribution in [3.8, 4) is 0 Å². The molecule has 27 heavy (non-hydrogen) atoms. The van der Waals surface area contributed by atoms with Crippen LogP contribution in [0, 0.1) is 5.92 Å². The third-order valence-corrected chi connectivity index (χ3v) is 5.14. The lowest BCUT2D eigenvalue weighted by Crippen LogP contribution is -2.53. The van der Waals surface area contributed by atoms with Crippen LogP contribution in [0.25, 0.3) is 0 Å². The van der Waals surface area contributed by atoms with Crippen molar-refractivity contribution < 1.29 is 0 Å². The Morgan fingerprint density at radius 3 is 2.30 bits per heavy atom. The average Bonchev–Trinajstić information content (AvgIpc) is 2.72. The van der Waals surface area contributed by atoms with Gasteiger partial charge in [-0.2, -0.15) is 0 Å². The molecule has 6 heteroatoms. The minimum Gasteiger partial charge on any atom is -0.356 e. The van der Waals surface area contributed by atoms with E-state index in [1.165, 1.54) is 5.56 Å². The molecule has 6 nitrogen and oxygen atoms in total. The zero-order chi connectivity index (χ0) is 19.1. The molecule has 1 saturated heterocycles. The summed E-state index contributed by atoms with van der Waals surface area (Å²) in [5.74, 6) is 2.81. The molecular formula is C21H30N6. The highest BCUT2D eigenvalue weighted by atomic mass is 15.4. The fourth-order valence-electron chi connectivity index (χ4n) is 3.54. The summed E-state index contributed by atoms with van der Waals surface area (Å²) in [6.45, 7) is 9.07. The number of aliphatic imine (C=N–C) groups is 1. The van der Waals surface area contributed by atoms with Gasteiger partial charge in [0.25, 0.3) is 0 Å². The highest BCUT2D eigenvalue weighted by molar-refractivity contribution is 5.80. The molecule has 0 amide bonds. The molecule has 0 bridgehead atoms. The Bertz CT molecular complexity index is 708. The monoisotopic (exact) mass is 366 g/mol. The van der Waals surface area contributed by atoms with Crippen LogP contribution < -0.4 is 10.2 Å². The summed E-state index contributed by atoms with van der Waals surface area (Å²) >= 11 is 0. The van der Waals surface area contributed by atoms with Gasteiger partial charge in [0.15, 0.2) is 5.96 Å².